The average molecular weight is 354 g/mol. The highest BCUT2D eigenvalue weighted by Crippen LogP contribution is 2.33. The molecule has 6 heteroatoms. The zero-order chi connectivity index (χ0) is 17.4. The molecule has 5 nitrogen and oxygen atoms in total. The van der Waals surface area contributed by atoms with E-state index in [0.717, 1.165) is 0 Å². The first-order valence-electron chi connectivity index (χ1n) is 8.68. The van der Waals surface area contributed by atoms with Gasteiger partial charge in [0.15, 0.2) is 0 Å². The minimum atomic E-state index is -3.69. The van der Waals surface area contributed by atoms with E-state index in [1.54, 1.807) is 19.1 Å². The molecule has 1 fully saturated rings. The van der Waals surface area contributed by atoms with Crippen LogP contribution in [0.25, 0.3) is 0 Å². The molecular formula is C18H26O5S. The van der Waals surface area contributed by atoms with E-state index in [1.807, 2.05) is 12.1 Å². The lowest BCUT2D eigenvalue weighted by atomic mass is 9.84. The third-order valence-corrected chi connectivity index (χ3v) is 5.50. The summed E-state index contributed by atoms with van der Waals surface area (Å²) in [6, 6.07) is 7.35. The van der Waals surface area contributed by atoms with E-state index in [-0.39, 0.29) is 24.6 Å². The molecule has 0 atom stereocenters. The molecule has 0 radical (unpaired) electrons. The number of hydrogen-bond acceptors (Lipinski definition) is 5. The van der Waals surface area contributed by atoms with Gasteiger partial charge in [-0.05, 0) is 49.8 Å². The number of esters is 1. The number of carbonyl (C=O) groups is 1. The Balaban J connectivity index is 1.84. The van der Waals surface area contributed by atoms with Crippen molar-refractivity contribution >= 4 is 16.1 Å². The first-order valence-corrected chi connectivity index (χ1v) is 10.3. The van der Waals surface area contributed by atoms with Crippen molar-refractivity contribution in [3.63, 3.8) is 0 Å². The Morgan fingerprint density at radius 3 is 2.42 bits per heavy atom. The van der Waals surface area contributed by atoms with Gasteiger partial charge in [0, 0.05) is 6.42 Å². The van der Waals surface area contributed by atoms with Crippen molar-refractivity contribution in [2.24, 2.45) is 0 Å². The van der Waals surface area contributed by atoms with Crippen LogP contribution >= 0.6 is 0 Å². The van der Waals surface area contributed by atoms with Crippen LogP contribution in [0.15, 0.2) is 24.3 Å². The second-order valence-corrected chi connectivity index (χ2v) is 7.85. The minimum Gasteiger partial charge on any atom is -0.466 e. The Morgan fingerprint density at radius 2 is 1.79 bits per heavy atom. The lowest BCUT2D eigenvalue weighted by Gasteiger charge is -2.22. The molecule has 0 unspecified atom stereocenters. The molecule has 0 amide bonds. The van der Waals surface area contributed by atoms with E-state index in [2.05, 4.69) is 0 Å². The quantitative estimate of drug-likeness (QED) is 0.525. The van der Waals surface area contributed by atoms with Gasteiger partial charge in [0.2, 0.25) is 0 Å². The molecule has 0 bridgehead atoms. The standard InChI is InChI=1S/C18H26O5S/c1-2-22-18(19)9-6-14-24(20,21)23-17-12-10-16(11-13-17)15-7-4-3-5-8-15/h10-13,15H,2-9,14H2,1H3. The SMILES string of the molecule is CCOC(=O)CCCS(=O)(=O)Oc1ccc(C2CCCCC2)cc1. The van der Waals surface area contributed by atoms with Crippen LogP contribution < -0.4 is 4.18 Å². The molecule has 0 heterocycles. The largest absolute Gasteiger partial charge is 0.466 e. The molecule has 0 spiro atoms. The van der Waals surface area contributed by atoms with Crippen molar-refractivity contribution in [2.75, 3.05) is 12.4 Å². The first kappa shape index (κ1) is 18.8. The molecule has 1 aliphatic rings. The van der Waals surface area contributed by atoms with E-state index >= 15 is 0 Å². The van der Waals surface area contributed by atoms with Gasteiger partial charge in [-0.3, -0.25) is 4.79 Å². The lowest BCUT2D eigenvalue weighted by molar-refractivity contribution is -0.143. The van der Waals surface area contributed by atoms with E-state index in [0.29, 0.717) is 18.3 Å². The van der Waals surface area contributed by atoms with Gasteiger partial charge in [-0.25, -0.2) is 0 Å². The summed E-state index contributed by atoms with van der Waals surface area (Å²) < 4.78 is 33.8. The van der Waals surface area contributed by atoms with Gasteiger partial charge < -0.3 is 8.92 Å². The molecule has 24 heavy (non-hydrogen) atoms. The number of rotatable bonds is 8. The molecular weight excluding hydrogens is 328 g/mol. The van der Waals surface area contributed by atoms with Gasteiger partial charge in [-0.2, -0.15) is 8.42 Å². The molecule has 0 saturated heterocycles. The maximum atomic E-state index is 12.0. The van der Waals surface area contributed by atoms with Crippen LogP contribution in [0.5, 0.6) is 5.75 Å². The maximum absolute atomic E-state index is 12.0. The molecule has 1 saturated carbocycles. The van der Waals surface area contributed by atoms with Crippen molar-refractivity contribution < 1.29 is 22.1 Å². The molecule has 1 aromatic rings. The fourth-order valence-corrected chi connectivity index (χ4v) is 4.03. The topological polar surface area (TPSA) is 69.7 Å². The Hall–Kier alpha value is -1.56. The van der Waals surface area contributed by atoms with E-state index in [9.17, 15) is 13.2 Å². The highest BCUT2D eigenvalue weighted by molar-refractivity contribution is 7.87. The summed E-state index contributed by atoms with van der Waals surface area (Å²) in [6.45, 7) is 2.02. The number of hydrogen-bond donors (Lipinski definition) is 0. The Bertz CT molecular complexity index is 615. The van der Waals surface area contributed by atoms with Crippen molar-refractivity contribution in [3.05, 3.63) is 29.8 Å². The van der Waals surface area contributed by atoms with Crippen molar-refractivity contribution in [2.45, 2.75) is 57.8 Å². The summed E-state index contributed by atoms with van der Waals surface area (Å²) in [7, 11) is -3.69. The average Bonchev–Trinajstić information content (AvgIpc) is 2.56. The third kappa shape index (κ3) is 6.15. The predicted molar refractivity (Wildman–Crippen MR) is 92.5 cm³/mol. The molecule has 0 N–H and O–H groups in total. The van der Waals surface area contributed by atoms with Crippen molar-refractivity contribution in [1.82, 2.24) is 0 Å². The second-order valence-electron chi connectivity index (χ2n) is 6.16. The van der Waals surface area contributed by atoms with Crippen LogP contribution in [0.1, 0.15) is 63.4 Å². The molecule has 1 aromatic carbocycles. The third-order valence-electron chi connectivity index (χ3n) is 4.26. The summed E-state index contributed by atoms with van der Waals surface area (Å²) in [5, 5.41) is 0. The smallest absolute Gasteiger partial charge is 0.309 e. The zero-order valence-corrected chi connectivity index (χ0v) is 15.0. The van der Waals surface area contributed by atoms with Crippen LogP contribution in [0.2, 0.25) is 0 Å². The molecule has 0 aromatic heterocycles. The zero-order valence-electron chi connectivity index (χ0n) is 14.2. The van der Waals surface area contributed by atoms with Gasteiger partial charge in [0.05, 0.1) is 12.4 Å². The summed E-state index contributed by atoms with van der Waals surface area (Å²) in [5.74, 6) is 0.320. The molecule has 134 valence electrons. The maximum Gasteiger partial charge on any atom is 0.309 e. The van der Waals surface area contributed by atoms with Crippen LogP contribution in [0.3, 0.4) is 0 Å². The minimum absolute atomic E-state index is 0.0804. The van der Waals surface area contributed by atoms with Crippen molar-refractivity contribution in [1.29, 1.82) is 0 Å². The summed E-state index contributed by atoms with van der Waals surface area (Å²) >= 11 is 0. The monoisotopic (exact) mass is 354 g/mol. The highest BCUT2D eigenvalue weighted by Gasteiger charge is 2.17. The highest BCUT2D eigenvalue weighted by atomic mass is 32.2. The predicted octanol–water partition coefficient (Wildman–Crippen LogP) is 3.79. The number of ether oxygens (including phenoxy) is 1. The molecule has 1 aliphatic carbocycles. The fraction of sp³-hybridized carbons (Fsp3) is 0.611. The van der Waals surface area contributed by atoms with Crippen LogP contribution in [-0.4, -0.2) is 26.7 Å². The van der Waals surface area contributed by atoms with Crippen LogP contribution in [0.4, 0.5) is 0 Å². The van der Waals surface area contributed by atoms with E-state index in [4.69, 9.17) is 8.92 Å². The van der Waals surface area contributed by atoms with Gasteiger partial charge in [0.25, 0.3) is 0 Å². The second kappa shape index (κ2) is 9.06. The number of carbonyl (C=O) groups excluding carboxylic acids is 1. The van der Waals surface area contributed by atoms with Gasteiger partial charge in [-0.15, -0.1) is 0 Å². The van der Waals surface area contributed by atoms with Crippen LogP contribution in [0, 0.1) is 0 Å². The summed E-state index contributed by atoms with van der Waals surface area (Å²) in [6.07, 6.45) is 6.51. The molecule has 0 aliphatic heterocycles. The van der Waals surface area contributed by atoms with Gasteiger partial charge in [0.1, 0.15) is 5.75 Å². The Kier molecular flexibility index (Phi) is 7.09. The van der Waals surface area contributed by atoms with E-state index < -0.39 is 10.1 Å². The number of benzene rings is 1. The summed E-state index contributed by atoms with van der Waals surface area (Å²) in [5.41, 5.74) is 1.25. The fourth-order valence-electron chi connectivity index (χ4n) is 3.05. The van der Waals surface area contributed by atoms with Gasteiger partial charge in [-0.1, -0.05) is 31.4 Å². The van der Waals surface area contributed by atoms with E-state index in [1.165, 1.54) is 37.7 Å². The van der Waals surface area contributed by atoms with Crippen molar-refractivity contribution in [3.8, 4) is 5.75 Å². The molecule has 2 rings (SSSR count). The summed E-state index contributed by atoms with van der Waals surface area (Å²) in [4.78, 5) is 11.2. The first-order chi connectivity index (χ1) is 11.5. The normalized spacial score (nSPS) is 15.9. The lowest BCUT2D eigenvalue weighted by Crippen LogP contribution is -2.15. The Labute approximate surface area is 144 Å². The van der Waals surface area contributed by atoms with Gasteiger partial charge >= 0.3 is 16.1 Å². The Morgan fingerprint density at radius 1 is 1.12 bits per heavy atom. The van der Waals surface area contributed by atoms with Crippen LogP contribution in [-0.2, 0) is 19.6 Å².